The third-order valence-electron chi connectivity index (χ3n) is 3.09. The Morgan fingerprint density at radius 2 is 1.65 bits per heavy atom. The van der Waals surface area contributed by atoms with Crippen LogP contribution in [0.4, 0.5) is 5.69 Å². The fourth-order valence-corrected chi connectivity index (χ4v) is 3.08. The second kappa shape index (κ2) is 7.14. The Bertz CT molecular complexity index is 567. The molecule has 0 fully saturated rings. The number of anilines is 1. The molecular weight excluding hydrogens is 382 g/mol. The quantitative estimate of drug-likeness (QED) is 0.630. The number of alkyl halides is 2. The van der Waals surface area contributed by atoms with Crippen LogP contribution >= 0.6 is 31.9 Å². The topological polar surface area (TPSA) is 12.5 Å². The number of halogens is 2. The van der Waals surface area contributed by atoms with Gasteiger partial charge in [-0.05, 0) is 35.9 Å². The predicted octanol–water partition coefficient (Wildman–Crippen LogP) is 5.33. The molecule has 106 valence electrons. The zero-order chi connectivity index (χ0) is 14.5. The zero-order valence-corrected chi connectivity index (χ0v) is 14.7. The summed E-state index contributed by atoms with van der Waals surface area (Å²) in [5, 5.41) is 1.60. The molecule has 0 aliphatic heterocycles. The monoisotopic (exact) mass is 397 g/mol. The second-order valence-corrected chi connectivity index (χ2v) is 5.77. The fraction of sp³-hybridized carbons (Fsp3) is 0.250. The molecule has 0 unspecified atom stereocenters. The van der Waals surface area contributed by atoms with E-state index < -0.39 is 0 Å². The molecule has 0 aliphatic carbocycles. The van der Waals surface area contributed by atoms with Crippen molar-refractivity contribution in [1.82, 2.24) is 0 Å². The highest BCUT2D eigenvalue weighted by Crippen LogP contribution is 2.31. The minimum Gasteiger partial charge on any atom is -0.457 e. The van der Waals surface area contributed by atoms with E-state index in [2.05, 4.69) is 55.0 Å². The van der Waals surface area contributed by atoms with Gasteiger partial charge in [-0.2, -0.15) is 0 Å². The summed E-state index contributed by atoms with van der Waals surface area (Å²) in [4.78, 5) is 2.07. The molecule has 20 heavy (non-hydrogen) atoms. The largest absolute Gasteiger partial charge is 0.457 e. The first-order chi connectivity index (χ1) is 9.65. The van der Waals surface area contributed by atoms with Crippen molar-refractivity contribution in [3.05, 3.63) is 53.6 Å². The Balaban J connectivity index is 2.25. The average molecular weight is 399 g/mol. The lowest BCUT2D eigenvalue weighted by Crippen LogP contribution is -2.07. The van der Waals surface area contributed by atoms with E-state index in [4.69, 9.17) is 4.74 Å². The first kappa shape index (κ1) is 15.4. The van der Waals surface area contributed by atoms with Crippen molar-refractivity contribution in [2.75, 3.05) is 19.0 Å². The highest BCUT2D eigenvalue weighted by Gasteiger charge is 2.08. The van der Waals surface area contributed by atoms with Crippen LogP contribution in [0.5, 0.6) is 11.5 Å². The Morgan fingerprint density at radius 3 is 2.20 bits per heavy atom. The Morgan fingerprint density at radius 1 is 0.950 bits per heavy atom. The third kappa shape index (κ3) is 3.55. The van der Waals surface area contributed by atoms with Gasteiger partial charge in [-0.15, -0.1) is 0 Å². The van der Waals surface area contributed by atoms with E-state index in [0.29, 0.717) is 0 Å². The maximum Gasteiger partial charge on any atom is 0.131 e. The molecule has 0 N–H and O–H groups in total. The van der Waals surface area contributed by atoms with Crippen molar-refractivity contribution in [2.45, 2.75) is 10.7 Å². The van der Waals surface area contributed by atoms with Gasteiger partial charge >= 0.3 is 0 Å². The molecule has 0 spiro atoms. The molecule has 0 radical (unpaired) electrons. The minimum absolute atomic E-state index is 0.778. The highest BCUT2D eigenvalue weighted by molar-refractivity contribution is 9.09. The van der Waals surface area contributed by atoms with Crippen molar-refractivity contribution in [1.29, 1.82) is 0 Å². The minimum atomic E-state index is 0.778. The van der Waals surface area contributed by atoms with Crippen molar-refractivity contribution < 1.29 is 4.74 Å². The lowest BCUT2D eigenvalue weighted by Gasteiger charge is -2.15. The first-order valence-corrected chi connectivity index (χ1v) is 8.58. The van der Waals surface area contributed by atoms with Gasteiger partial charge in [-0.3, -0.25) is 0 Å². The summed E-state index contributed by atoms with van der Waals surface area (Å²) >= 11 is 7.05. The van der Waals surface area contributed by atoms with Gasteiger partial charge < -0.3 is 9.64 Å². The van der Waals surface area contributed by atoms with E-state index in [9.17, 15) is 0 Å². The van der Waals surface area contributed by atoms with Gasteiger partial charge in [0.15, 0.2) is 0 Å². The van der Waals surface area contributed by atoms with Crippen LogP contribution in [-0.2, 0) is 10.7 Å². The normalized spacial score (nSPS) is 10.4. The molecule has 0 heterocycles. The second-order valence-electron chi connectivity index (χ2n) is 4.65. The Labute approximate surface area is 137 Å². The smallest absolute Gasteiger partial charge is 0.131 e. The number of ether oxygens (including phenoxy) is 1. The third-order valence-corrected chi connectivity index (χ3v) is 4.25. The van der Waals surface area contributed by atoms with E-state index in [0.717, 1.165) is 27.8 Å². The van der Waals surface area contributed by atoms with E-state index in [1.54, 1.807) is 0 Å². The highest BCUT2D eigenvalue weighted by atomic mass is 79.9. The van der Waals surface area contributed by atoms with Gasteiger partial charge in [0.1, 0.15) is 11.5 Å². The van der Waals surface area contributed by atoms with Crippen LogP contribution in [-0.4, -0.2) is 14.1 Å². The maximum atomic E-state index is 6.01. The standard InChI is InChI=1S/C16H17Br2NO/c1-19(2)13-6-8-14(9-7-13)20-16-5-3-4-12(10-17)15(16)11-18/h3-9H,10-11H2,1-2H3. The summed E-state index contributed by atoms with van der Waals surface area (Å²) in [5.74, 6) is 1.75. The first-order valence-electron chi connectivity index (χ1n) is 6.33. The van der Waals surface area contributed by atoms with Gasteiger partial charge in [-0.1, -0.05) is 44.0 Å². The lowest BCUT2D eigenvalue weighted by molar-refractivity contribution is 0.478. The number of rotatable bonds is 5. The van der Waals surface area contributed by atoms with Crippen LogP contribution in [0.25, 0.3) is 0 Å². The SMILES string of the molecule is CN(C)c1ccc(Oc2cccc(CBr)c2CBr)cc1. The number of hydrogen-bond donors (Lipinski definition) is 0. The number of hydrogen-bond acceptors (Lipinski definition) is 2. The van der Waals surface area contributed by atoms with E-state index in [1.807, 2.05) is 38.4 Å². The van der Waals surface area contributed by atoms with Gasteiger partial charge in [0.05, 0.1) is 0 Å². The predicted molar refractivity (Wildman–Crippen MR) is 92.5 cm³/mol. The average Bonchev–Trinajstić information content (AvgIpc) is 2.47. The summed E-state index contributed by atoms with van der Waals surface area (Å²) < 4.78 is 6.01. The maximum absolute atomic E-state index is 6.01. The molecule has 2 aromatic rings. The van der Waals surface area contributed by atoms with Crippen LogP contribution in [0.1, 0.15) is 11.1 Å². The molecule has 0 saturated carbocycles. The van der Waals surface area contributed by atoms with Crippen molar-refractivity contribution in [2.24, 2.45) is 0 Å². The summed E-state index contributed by atoms with van der Waals surface area (Å²) in [6, 6.07) is 14.2. The Kier molecular flexibility index (Phi) is 5.49. The summed E-state index contributed by atoms with van der Waals surface area (Å²) in [7, 11) is 4.05. The lowest BCUT2D eigenvalue weighted by atomic mass is 10.1. The van der Waals surface area contributed by atoms with Crippen LogP contribution in [0.2, 0.25) is 0 Å². The van der Waals surface area contributed by atoms with Crippen LogP contribution < -0.4 is 9.64 Å². The molecule has 2 rings (SSSR count). The van der Waals surface area contributed by atoms with Gasteiger partial charge in [-0.25, -0.2) is 0 Å². The molecule has 0 bridgehead atoms. The van der Waals surface area contributed by atoms with Gasteiger partial charge in [0, 0.05) is 36.0 Å². The summed E-state index contributed by atoms with van der Waals surface area (Å²) in [6.07, 6.45) is 0. The molecule has 2 nitrogen and oxygen atoms in total. The van der Waals surface area contributed by atoms with Crippen LogP contribution in [0.3, 0.4) is 0 Å². The zero-order valence-electron chi connectivity index (χ0n) is 11.6. The molecule has 0 atom stereocenters. The van der Waals surface area contributed by atoms with Gasteiger partial charge in [0.2, 0.25) is 0 Å². The molecule has 0 amide bonds. The van der Waals surface area contributed by atoms with E-state index in [-0.39, 0.29) is 0 Å². The fourth-order valence-electron chi connectivity index (χ4n) is 1.92. The molecule has 2 aromatic carbocycles. The summed E-state index contributed by atoms with van der Waals surface area (Å²) in [6.45, 7) is 0. The van der Waals surface area contributed by atoms with Crippen LogP contribution in [0, 0.1) is 0 Å². The van der Waals surface area contributed by atoms with Gasteiger partial charge in [0.25, 0.3) is 0 Å². The van der Waals surface area contributed by atoms with Crippen LogP contribution in [0.15, 0.2) is 42.5 Å². The van der Waals surface area contributed by atoms with Crippen molar-refractivity contribution >= 4 is 37.5 Å². The molecule has 4 heteroatoms. The van der Waals surface area contributed by atoms with Crippen molar-refractivity contribution in [3.8, 4) is 11.5 Å². The van der Waals surface area contributed by atoms with Crippen molar-refractivity contribution in [3.63, 3.8) is 0 Å². The summed E-state index contributed by atoms with van der Waals surface area (Å²) in [5.41, 5.74) is 3.58. The molecule has 0 aromatic heterocycles. The molecular formula is C16H17Br2NO. The number of nitrogens with zero attached hydrogens (tertiary/aromatic N) is 1. The molecule has 0 aliphatic rings. The Hall–Kier alpha value is -1.000. The van der Waals surface area contributed by atoms with E-state index in [1.165, 1.54) is 11.1 Å². The molecule has 0 saturated heterocycles. The number of benzene rings is 2. The van der Waals surface area contributed by atoms with E-state index >= 15 is 0 Å².